The van der Waals surface area contributed by atoms with Gasteiger partial charge in [-0.3, -0.25) is 4.79 Å². The van der Waals surface area contributed by atoms with Gasteiger partial charge in [0.1, 0.15) is 5.75 Å². The molecule has 3 rings (SSSR count). The molecule has 2 aromatic rings. The van der Waals surface area contributed by atoms with E-state index in [9.17, 15) is 15.0 Å². The molecular weight excluding hydrogens is 440 g/mol. The fourth-order valence-electron chi connectivity index (χ4n) is 4.68. The van der Waals surface area contributed by atoms with Crippen molar-refractivity contribution in [2.24, 2.45) is 5.92 Å². The maximum atomic E-state index is 12.9. The summed E-state index contributed by atoms with van der Waals surface area (Å²) in [7, 11) is 0. The van der Waals surface area contributed by atoms with Crippen molar-refractivity contribution in [2.75, 3.05) is 6.54 Å². The topological polar surface area (TPSA) is 100 Å². The molecule has 0 atom stereocenters. The van der Waals surface area contributed by atoms with Crippen LogP contribution in [0.1, 0.15) is 109 Å². The Kier molecular flexibility index (Phi) is 7.70. The van der Waals surface area contributed by atoms with Crippen molar-refractivity contribution in [2.45, 2.75) is 110 Å². The number of carbonyl (C=O) groups is 1. The first-order valence-corrected chi connectivity index (χ1v) is 12.9. The molecule has 1 aromatic carbocycles. The van der Waals surface area contributed by atoms with Crippen LogP contribution in [0.2, 0.25) is 0 Å². The van der Waals surface area contributed by atoms with Crippen molar-refractivity contribution >= 4 is 5.91 Å². The van der Waals surface area contributed by atoms with E-state index in [1.807, 2.05) is 16.8 Å². The van der Waals surface area contributed by atoms with Gasteiger partial charge in [-0.1, -0.05) is 60.8 Å². The molecule has 1 amide bonds. The second-order valence-corrected chi connectivity index (χ2v) is 12.9. The number of phenols is 1. The molecule has 0 radical (unpaired) electrons. The number of hydrogen-bond donors (Lipinski definition) is 3. The van der Waals surface area contributed by atoms with Gasteiger partial charge in [0.15, 0.2) is 5.82 Å². The van der Waals surface area contributed by atoms with Gasteiger partial charge in [0.25, 0.3) is 5.91 Å². The van der Waals surface area contributed by atoms with Crippen molar-refractivity contribution in [3.8, 4) is 17.1 Å². The molecule has 0 unspecified atom stereocenters. The molecule has 3 N–H and O–H groups in total. The Morgan fingerprint density at radius 1 is 1.00 bits per heavy atom. The smallest absolute Gasteiger partial charge is 0.291 e. The lowest BCUT2D eigenvalue weighted by molar-refractivity contribution is 0.0689. The van der Waals surface area contributed by atoms with Crippen LogP contribution in [-0.4, -0.2) is 43.0 Å². The second kappa shape index (κ2) is 9.92. The van der Waals surface area contributed by atoms with Crippen LogP contribution in [0.4, 0.5) is 0 Å². The van der Waals surface area contributed by atoms with Crippen LogP contribution in [0.15, 0.2) is 12.1 Å². The van der Waals surface area contributed by atoms with E-state index < -0.39 is 11.5 Å². The molecule has 7 heteroatoms. The summed E-state index contributed by atoms with van der Waals surface area (Å²) >= 11 is 0. The lowest BCUT2D eigenvalue weighted by Crippen LogP contribution is -2.38. The Labute approximate surface area is 210 Å². The standard InChI is InChI=1S/C28H44N4O3/c1-26(2,3)20-14-19(15-21(22(20)33)27(4,5)6)24-30-23(25(34)29-17-28(7,8)35)31-32(24)16-18-12-10-9-11-13-18/h14-15,18,33,35H,9-13,16-17H2,1-8H3,(H,29,34). The minimum absolute atomic E-state index is 0.0998. The van der Waals surface area contributed by atoms with E-state index in [0.29, 0.717) is 24.0 Å². The average molecular weight is 485 g/mol. The Hall–Kier alpha value is -2.41. The molecule has 0 saturated heterocycles. The molecule has 1 saturated carbocycles. The van der Waals surface area contributed by atoms with Crippen molar-refractivity contribution in [3.05, 3.63) is 29.1 Å². The highest BCUT2D eigenvalue weighted by Crippen LogP contribution is 2.42. The molecule has 1 fully saturated rings. The number of amides is 1. The predicted molar refractivity (Wildman–Crippen MR) is 140 cm³/mol. The molecular formula is C28H44N4O3. The number of nitrogens with one attached hydrogen (secondary N) is 1. The van der Waals surface area contributed by atoms with E-state index in [2.05, 4.69) is 52.0 Å². The minimum Gasteiger partial charge on any atom is -0.507 e. The summed E-state index contributed by atoms with van der Waals surface area (Å²) in [6.45, 7) is 16.6. The lowest BCUT2D eigenvalue weighted by atomic mass is 9.78. The number of aliphatic hydroxyl groups is 1. The normalized spacial score (nSPS) is 15.9. The SMILES string of the molecule is CC(C)(O)CNC(=O)c1nc(-c2cc(C(C)(C)C)c(O)c(C(C)(C)C)c2)n(CC2CCCCC2)n1. The van der Waals surface area contributed by atoms with E-state index in [1.54, 1.807) is 13.8 Å². The third-order valence-corrected chi connectivity index (χ3v) is 6.70. The molecule has 35 heavy (non-hydrogen) atoms. The highest BCUT2D eigenvalue weighted by molar-refractivity contribution is 5.91. The van der Waals surface area contributed by atoms with Gasteiger partial charge in [-0.25, -0.2) is 9.67 Å². The largest absolute Gasteiger partial charge is 0.507 e. The average Bonchev–Trinajstić information content (AvgIpc) is 3.14. The summed E-state index contributed by atoms with van der Waals surface area (Å²) in [6.07, 6.45) is 6.00. The molecule has 1 aromatic heterocycles. The van der Waals surface area contributed by atoms with Crippen molar-refractivity contribution < 1.29 is 15.0 Å². The number of hydrogen-bond acceptors (Lipinski definition) is 5. The van der Waals surface area contributed by atoms with Crippen LogP contribution < -0.4 is 5.32 Å². The zero-order valence-corrected chi connectivity index (χ0v) is 22.8. The molecule has 0 aliphatic heterocycles. The number of aromatic hydroxyl groups is 1. The van der Waals surface area contributed by atoms with Crippen molar-refractivity contribution in [1.29, 1.82) is 0 Å². The first kappa shape index (κ1) is 27.2. The molecule has 1 aliphatic rings. The molecule has 1 heterocycles. The van der Waals surface area contributed by atoms with Crippen LogP contribution in [0.25, 0.3) is 11.4 Å². The summed E-state index contributed by atoms with van der Waals surface area (Å²) < 4.78 is 1.88. The summed E-state index contributed by atoms with van der Waals surface area (Å²) in [5, 5.41) is 28.6. The van der Waals surface area contributed by atoms with Crippen LogP contribution in [0.5, 0.6) is 5.75 Å². The fraction of sp³-hybridized carbons (Fsp3) is 0.679. The maximum Gasteiger partial charge on any atom is 0.291 e. The lowest BCUT2D eigenvalue weighted by Gasteiger charge is -2.28. The van der Waals surface area contributed by atoms with E-state index in [4.69, 9.17) is 4.98 Å². The van der Waals surface area contributed by atoms with Gasteiger partial charge in [-0.2, -0.15) is 0 Å². The zero-order valence-electron chi connectivity index (χ0n) is 22.8. The van der Waals surface area contributed by atoms with E-state index in [1.165, 1.54) is 19.3 Å². The monoisotopic (exact) mass is 484 g/mol. The highest BCUT2D eigenvalue weighted by atomic mass is 16.3. The van der Waals surface area contributed by atoms with Crippen LogP contribution >= 0.6 is 0 Å². The maximum absolute atomic E-state index is 12.9. The molecule has 0 bridgehead atoms. The highest BCUT2D eigenvalue weighted by Gasteiger charge is 2.29. The molecule has 0 spiro atoms. The zero-order chi connectivity index (χ0) is 26.2. The van der Waals surface area contributed by atoms with E-state index in [-0.39, 0.29) is 23.2 Å². The van der Waals surface area contributed by atoms with Gasteiger partial charge >= 0.3 is 0 Å². The Balaban J connectivity index is 2.12. The van der Waals surface area contributed by atoms with Gasteiger partial charge < -0.3 is 15.5 Å². The van der Waals surface area contributed by atoms with Crippen LogP contribution in [-0.2, 0) is 17.4 Å². The number of benzene rings is 1. The fourth-order valence-corrected chi connectivity index (χ4v) is 4.68. The number of carbonyl (C=O) groups excluding carboxylic acids is 1. The molecule has 1 aliphatic carbocycles. The first-order valence-electron chi connectivity index (χ1n) is 12.9. The minimum atomic E-state index is -1.02. The third-order valence-electron chi connectivity index (χ3n) is 6.70. The second-order valence-electron chi connectivity index (χ2n) is 12.9. The van der Waals surface area contributed by atoms with Crippen molar-refractivity contribution in [3.63, 3.8) is 0 Å². The van der Waals surface area contributed by atoms with E-state index >= 15 is 0 Å². The number of aromatic nitrogens is 3. The summed E-state index contributed by atoms with van der Waals surface area (Å²) in [4.78, 5) is 17.6. The van der Waals surface area contributed by atoms with Crippen molar-refractivity contribution in [1.82, 2.24) is 20.1 Å². The van der Waals surface area contributed by atoms with Gasteiger partial charge in [0, 0.05) is 29.8 Å². The Morgan fingerprint density at radius 3 is 2.03 bits per heavy atom. The van der Waals surface area contributed by atoms with Crippen LogP contribution in [0.3, 0.4) is 0 Å². The van der Waals surface area contributed by atoms with Gasteiger partial charge in [0.2, 0.25) is 5.82 Å². The first-order chi connectivity index (χ1) is 16.1. The van der Waals surface area contributed by atoms with Gasteiger partial charge in [-0.05, 0) is 55.6 Å². The summed E-state index contributed by atoms with van der Waals surface area (Å²) in [6, 6.07) is 3.98. The summed E-state index contributed by atoms with van der Waals surface area (Å²) in [5.41, 5.74) is 0.967. The molecule has 194 valence electrons. The predicted octanol–water partition coefficient (Wildman–Crippen LogP) is 5.33. The van der Waals surface area contributed by atoms with Gasteiger partial charge in [-0.15, -0.1) is 5.10 Å². The number of nitrogens with zero attached hydrogens (tertiary/aromatic N) is 3. The van der Waals surface area contributed by atoms with Crippen LogP contribution in [0, 0.1) is 5.92 Å². The summed E-state index contributed by atoms with van der Waals surface area (Å²) in [5.74, 6) is 1.15. The van der Waals surface area contributed by atoms with E-state index in [0.717, 1.165) is 29.5 Å². The Morgan fingerprint density at radius 2 is 1.54 bits per heavy atom. The molecule has 7 nitrogen and oxygen atoms in total. The van der Waals surface area contributed by atoms with Gasteiger partial charge in [0.05, 0.1) is 5.60 Å². The quantitative estimate of drug-likeness (QED) is 0.515. The number of phenolic OH excluding ortho intramolecular Hbond substituents is 1. The number of rotatable bonds is 6. The Bertz CT molecular complexity index is 1010. The third kappa shape index (κ3) is 6.84.